The van der Waals surface area contributed by atoms with Crippen molar-refractivity contribution in [3.8, 4) is 22.3 Å². The van der Waals surface area contributed by atoms with Crippen LogP contribution in [0.1, 0.15) is 12.7 Å². The van der Waals surface area contributed by atoms with E-state index in [-0.39, 0.29) is 29.3 Å². The Morgan fingerprint density at radius 2 is 1.76 bits per heavy atom. The van der Waals surface area contributed by atoms with Gasteiger partial charge in [0.15, 0.2) is 0 Å². The lowest BCUT2D eigenvalue weighted by Crippen LogP contribution is -2.18. The zero-order chi connectivity index (χ0) is 26.9. The summed E-state index contributed by atoms with van der Waals surface area (Å²) >= 11 is 1.71. The zero-order valence-electron chi connectivity index (χ0n) is 20.3. The number of allylic oxidation sites excluding steroid dienone is 1. The van der Waals surface area contributed by atoms with Gasteiger partial charge in [-0.3, -0.25) is 9.59 Å². The Bertz CT molecular complexity index is 1650. The van der Waals surface area contributed by atoms with Gasteiger partial charge < -0.3 is 19.9 Å². The first-order valence-electron chi connectivity index (χ1n) is 11.1. The number of aliphatic imine (C=N–C) groups is 1. The number of nitrogens with zero attached hydrogens (tertiary/aromatic N) is 3. The highest BCUT2D eigenvalue weighted by Gasteiger charge is 2.25. The second-order valence-electron chi connectivity index (χ2n) is 8.46. The van der Waals surface area contributed by atoms with Crippen LogP contribution in [0.25, 0.3) is 38.7 Å². The summed E-state index contributed by atoms with van der Waals surface area (Å²) in [4.78, 5) is 31.1. The predicted octanol–water partition coefficient (Wildman–Crippen LogP) is 4.90. The molecule has 3 aromatic heterocycles. The van der Waals surface area contributed by atoms with Crippen LogP contribution in [0.2, 0.25) is 0 Å². The van der Waals surface area contributed by atoms with E-state index in [1.165, 1.54) is 21.3 Å². The molecule has 0 aliphatic rings. The van der Waals surface area contributed by atoms with Gasteiger partial charge >= 0.3 is 6.30 Å². The van der Waals surface area contributed by atoms with Gasteiger partial charge in [0.05, 0.1) is 0 Å². The molecule has 7 nitrogen and oxygen atoms in total. The summed E-state index contributed by atoms with van der Waals surface area (Å²) in [7, 11) is 3.22. The first-order valence-corrected chi connectivity index (χ1v) is 12.5. The summed E-state index contributed by atoms with van der Waals surface area (Å²) in [6.45, 7) is 0. The predicted molar refractivity (Wildman–Crippen MR) is 146 cm³/mol. The maximum atomic E-state index is 12.9. The fraction of sp³-hybridized carbons (Fsp3) is 0.192. The number of aryl methyl sites for hydroxylation is 2. The number of fused-ring (bicyclic) bond motifs is 1. The van der Waals surface area contributed by atoms with Crippen molar-refractivity contribution in [1.29, 1.82) is 0 Å². The summed E-state index contributed by atoms with van der Waals surface area (Å²) in [6.07, 6.45) is 2.16. The molecule has 0 radical (unpaired) electrons. The van der Waals surface area contributed by atoms with E-state index < -0.39 is 6.30 Å². The fourth-order valence-electron chi connectivity index (χ4n) is 4.08. The summed E-state index contributed by atoms with van der Waals surface area (Å²) in [5.41, 5.74) is 9.15. The third-order valence-electron chi connectivity index (χ3n) is 5.90. The quantitative estimate of drug-likeness (QED) is 0.274. The smallest absolute Gasteiger partial charge is 0.404 e. The lowest BCUT2D eigenvalue weighted by atomic mass is 9.94. The molecule has 3 N–H and O–H groups in total. The molecule has 1 aromatic carbocycles. The minimum atomic E-state index is -4.77. The largest absolute Gasteiger partial charge is 0.503 e. The minimum Gasteiger partial charge on any atom is -0.404 e. The number of H-pyrrole nitrogens is 1. The second-order valence-corrected chi connectivity index (χ2v) is 9.32. The van der Waals surface area contributed by atoms with Crippen molar-refractivity contribution in [3.63, 3.8) is 0 Å². The van der Waals surface area contributed by atoms with Crippen LogP contribution in [0.15, 0.2) is 69.6 Å². The molecule has 194 valence electrons. The summed E-state index contributed by atoms with van der Waals surface area (Å²) in [6, 6.07) is 11.0. The Balaban J connectivity index is 0.00000400. The van der Waals surface area contributed by atoms with E-state index in [1.54, 1.807) is 38.3 Å². The van der Waals surface area contributed by atoms with Crippen molar-refractivity contribution in [3.05, 3.63) is 87.0 Å². The highest BCUT2D eigenvalue weighted by atomic mass is 32.2. The number of alkyl halides is 3. The summed E-state index contributed by atoms with van der Waals surface area (Å²) in [5.74, 6) is 0.864. The number of hydrogen-bond acceptors (Lipinski definition) is 5. The maximum Gasteiger partial charge on any atom is 0.503 e. The molecule has 0 saturated heterocycles. The molecular formula is C26H26F3N5O2S. The Labute approximate surface area is 215 Å². The molecule has 37 heavy (non-hydrogen) atoms. The van der Waals surface area contributed by atoms with Gasteiger partial charge in [-0.2, -0.15) is 16.8 Å². The third kappa shape index (κ3) is 5.41. The van der Waals surface area contributed by atoms with Crippen molar-refractivity contribution >= 4 is 34.5 Å². The van der Waals surface area contributed by atoms with Crippen LogP contribution in [0.3, 0.4) is 0 Å². The Morgan fingerprint density at radius 3 is 2.38 bits per heavy atom. The summed E-state index contributed by atoms with van der Waals surface area (Å²) in [5, 5.41) is 0.436. The van der Waals surface area contributed by atoms with Gasteiger partial charge in [0, 0.05) is 79.9 Å². The van der Waals surface area contributed by atoms with Gasteiger partial charge in [-0.05, 0) is 29.0 Å². The number of halogens is 3. The SMILES string of the molecule is CSCc1ccc(-c2cn(C)c(=O)cc2-c2cn(C)c(=O)c3[nH]c(C(=C/N)/C=N/C(F)(F)F)cc23)cc1.[HH]. The average Bonchev–Trinajstić information content (AvgIpc) is 3.29. The van der Waals surface area contributed by atoms with Gasteiger partial charge in [-0.25, -0.2) is 0 Å². The molecule has 0 fully saturated rings. The van der Waals surface area contributed by atoms with Crippen LogP contribution in [0.5, 0.6) is 0 Å². The molecule has 0 aliphatic heterocycles. The molecule has 0 aliphatic carbocycles. The topological polar surface area (TPSA) is 98.2 Å². The van der Waals surface area contributed by atoms with Crippen LogP contribution in [0, 0.1) is 0 Å². The minimum absolute atomic E-state index is 0. The first kappa shape index (κ1) is 26.1. The monoisotopic (exact) mass is 529 g/mol. The molecule has 4 rings (SSSR count). The molecule has 0 spiro atoms. The van der Waals surface area contributed by atoms with Crippen LogP contribution in [-0.2, 0) is 19.8 Å². The van der Waals surface area contributed by atoms with E-state index in [4.69, 9.17) is 5.73 Å². The highest BCUT2D eigenvalue weighted by molar-refractivity contribution is 7.97. The molecule has 0 unspecified atom stereocenters. The molecular weight excluding hydrogens is 503 g/mol. The zero-order valence-corrected chi connectivity index (χ0v) is 21.1. The van der Waals surface area contributed by atoms with Crippen molar-refractivity contribution in [2.75, 3.05) is 6.26 Å². The van der Waals surface area contributed by atoms with Crippen molar-refractivity contribution < 1.29 is 14.6 Å². The van der Waals surface area contributed by atoms with Gasteiger partial charge in [-0.1, -0.05) is 24.3 Å². The Morgan fingerprint density at radius 1 is 1.08 bits per heavy atom. The molecule has 0 saturated carbocycles. The highest BCUT2D eigenvalue weighted by Crippen LogP contribution is 2.35. The van der Waals surface area contributed by atoms with Crippen LogP contribution in [0.4, 0.5) is 13.2 Å². The molecule has 11 heteroatoms. The van der Waals surface area contributed by atoms with Crippen molar-refractivity contribution in [2.45, 2.75) is 12.1 Å². The third-order valence-corrected chi connectivity index (χ3v) is 6.52. The van der Waals surface area contributed by atoms with Gasteiger partial charge in [0.2, 0.25) is 0 Å². The van der Waals surface area contributed by atoms with E-state index in [1.807, 2.05) is 30.5 Å². The molecule has 0 atom stereocenters. The van der Waals surface area contributed by atoms with E-state index >= 15 is 0 Å². The number of aromatic amines is 1. The van der Waals surface area contributed by atoms with E-state index in [0.29, 0.717) is 22.7 Å². The van der Waals surface area contributed by atoms with Crippen LogP contribution < -0.4 is 16.9 Å². The number of nitrogens with two attached hydrogens (primary N) is 1. The van der Waals surface area contributed by atoms with Crippen LogP contribution in [-0.4, -0.2) is 32.9 Å². The van der Waals surface area contributed by atoms with Crippen molar-refractivity contribution in [2.24, 2.45) is 24.8 Å². The van der Waals surface area contributed by atoms with Gasteiger partial charge in [0.25, 0.3) is 11.1 Å². The van der Waals surface area contributed by atoms with E-state index in [2.05, 4.69) is 9.98 Å². The number of pyridine rings is 2. The Hall–Kier alpha value is -3.99. The normalized spacial score (nSPS) is 12.6. The number of nitrogens with one attached hydrogen (secondary N) is 1. The molecule has 3 heterocycles. The second kappa shape index (κ2) is 10.2. The standard InChI is InChI=1S/C26H24F3N5O2S.H2/c1-33-12-20(16-6-4-15(5-7-16)14-37-3)18(9-23(33)35)21-13-34(2)25(36)24-19(21)8-22(32-24)17(10-30)11-31-26(27,28)29;/h4-13,32H,14,30H2,1-3H3;1H/b17-10+,31-11+;. The molecule has 0 amide bonds. The maximum absolute atomic E-state index is 12.9. The van der Waals surface area contributed by atoms with Gasteiger partial charge in [0.1, 0.15) is 5.52 Å². The lowest BCUT2D eigenvalue weighted by Gasteiger charge is -2.14. The van der Waals surface area contributed by atoms with E-state index in [0.717, 1.165) is 28.6 Å². The number of hydrogen-bond donors (Lipinski definition) is 2. The summed E-state index contributed by atoms with van der Waals surface area (Å²) < 4.78 is 40.8. The van der Waals surface area contributed by atoms with Crippen LogP contribution >= 0.6 is 11.8 Å². The van der Waals surface area contributed by atoms with Gasteiger partial charge in [-0.15, -0.1) is 13.2 Å². The van der Waals surface area contributed by atoms with E-state index in [9.17, 15) is 22.8 Å². The fourth-order valence-corrected chi connectivity index (χ4v) is 4.60. The number of aromatic nitrogens is 3. The molecule has 0 bridgehead atoms. The number of benzene rings is 1. The average molecular weight is 530 g/mol. The Kier molecular flexibility index (Phi) is 7.17. The number of rotatable bonds is 6. The van der Waals surface area contributed by atoms with Crippen molar-refractivity contribution in [1.82, 2.24) is 14.1 Å². The first-order chi connectivity index (χ1) is 17.5. The number of thioether (sulfide) groups is 1. The lowest BCUT2D eigenvalue weighted by molar-refractivity contribution is -0.118. The molecule has 4 aromatic rings.